The molecule has 1 aliphatic rings. The van der Waals surface area contributed by atoms with Crippen LogP contribution >= 0.6 is 0 Å². The molecule has 3 heteroatoms. The quantitative estimate of drug-likeness (QED) is 0.930. The van der Waals surface area contributed by atoms with Crippen LogP contribution < -0.4 is 0 Å². The van der Waals surface area contributed by atoms with Crippen LogP contribution in [0.5, 0.6) is 5.75 Å². The minimum atomic E-state index is 0.0845. The van der Waals surface area contributed by atoms with Gasteiger partial charge in [0.1, 0.15) is 5.75 Å². The number of ether oxygens (including phenoxy) is 1. The van der Waals surface area contributed by atoms with Crippen molar-refractivity contribution >= 4 is 0 Å². The number of phenols is 1. The molecule has 0 bridgehead atoms. The third kappa shape index (κ3) is 2.69. The van der Waals surface area contributed by atoms with Crippen LogP contribution in [-0.4, -0.2) is 36.3 Å². The van der Waals surface area contributed by atoms with Gasteiger partial charge < -0.3 is 9.84 Å². The van der Waals surface area contributed by atoms with E-state index >= 15 is 0 Å². The van der Waals surface area contributed by atoms with E-state index in [0.717, 1.165) is 31.9 Å². The highest BCUT2D eigenvalue weighted by atomic mass is 16.5. The van der Waals surface area contributed by atoms with Crippen LogP contribution in [-0.2, 0) is 4.74 Å². The van der Waals surface area contributed by atoms with Gasteiger partial charge in [-0.05, 0) is 11.6 Å². The lowest BCUT2D eigenvalue weighted by Crippen LogP contribution is -2.39. The van der Waals surface area contributed by atoms with E-state index in [1.54, 1.807) is 6.07 Å². The summed E-state index contributed by atoms with van der Waals surface area (Å²) in [6.45, 7) is 3.26. The molecule has 0 amide bonds. The van der Waals surface area contributed by atoms with Gasteiger partial charge in [0.15, 0.2) is 0 Å². The summed E-state index contributed by atoms with van der Waals surface area (Å²) in [6, 6.07) is 18.0. The molecular formula is C17H19NO2. The van der Waals surface area contributed by atoms with E-state index in [9.17, 15) is 5.11 Å². The van der Waals surface area contributed by atoms with E-state index in [1.165, 1.54) is 5.56 Å². The fourth-order valence-corrected chi connectivity index (χ4v) is 2.78. The minimum absolute atomic E-state index is 0.0845. The molecule has 2 aromatic carbocycles. The van der Waals surface area contributed by atoms with Crippen molar-refractivity contribution in [3.05, 3.63) is 65.7 Å². The van der Waals surface area contributed by atoms with E-state index in [1.807, 2.05) is 36.4 Å². The number of nitrogens with zero attached hydrogens (tertiary/aromatic N) is 1. The molecule has 1 unspecified atom stereocenters. The predicted octanol–water partition coefficient (Wildman–Crippen LogP) is 2.81. The van der Waals surface area contributed by atoms with Crippen LogP contribution in [0.25, 0.3) is 0 Å². The lowest BCUT2D eigenvalue weighted by Gasteiger charge is -2.35. The number of morpholine rings is 1. The van der Waals surface area contributed by atoms with Crippen molar-refractivity contribution in [3.63, 3.8) is 0 Å². The van der Waals surface area contributed by atoms with Crippen molar-refractivity contribution in [2.75, 3.05) is 26.3 Å². The third-order valence-electron chi connectivity index (χ3n) is 3.76. The summed E-state index contributed by atoms with van der Waals surface area (Å²) in [6.07, 6.45) is 0. The smallest absolute Gasteiger partial charge is 0.120 e. The van der Waals surface area contributed by atoms with E-state index in [4.69, 9.17) is 4.74 Å². The van der Waals surface area contributed by atoms with Gasteiger partial charge >= 0.3 is 0 Å². The Kier molecular flexibility index (Phi) is 4.00. The van der Waals surface area contributed by atoms with E-state index in [-0.39, 0.29) is 6.04 Å². The largest absolute Gasteiger partial charge is 0.508 e. The first-order valence-corrected chi connectivity index (χ1v) is 7.01. The number of hydrogen-bond donors (Lipinski definition) is 1. The zero-order valence-electron chi connectivity index (χ0n) is 11.4. The highest BCUT2D eigenvalue weighted by molar-refractivity contribution is 5.40. The monoisotopic (exact) mass is 269 g/mol. The summed E-state index contributed by atoms with van der Waals surface area (Å²) in [7, 11) is 0. The molecular weight excluding hydrogens is 250 g/mol. The molecule has 1 saturated heterocycles. The SMILES string of the molecule is Oc1ccccc1C(c1ccccc1)N1CCOCC1. The Bertz CT molecular complexity index is 550. The molecule has 3 rings (SSSR count). The molecule has 1 heterocycles. The maximum Gasteiger partial charge on any atom is 0.120 e. The molecule has 0 spiro atoms. The summed E-state index contributed by atoms with van der Waals surface area (Å²) in [5, 5.41) is 10.2. The molecule has 20 heavy (non-hydrogen) atoms. The number of aromatic hydroxyl groups is 1. The van der Waals surface area contributed by atoms with Crippen LogP contribution in [0.4, 0.5) is 0 Å². The Morgan fingerprint density at radius 2 is 1.55 bits per heavy atom. The number of phenolic OH excluding ortho intramolecular Hbond substituents is 1. The lowest BCUT2D eigenvalue weighted by molar-refractivity contribution is 0.0235. The van der Waals surface area contributed by atoms with Crippen molar-refractivity contribution in [1.29, 1.82) is 0 Å². The first-order valence-electron chi connectivity index (χ1n) is 7.01. The van der Waals surface area contributed by atoms with Gasteiger partial charge in [0.05, 0.1) is 19.3 Å². The number of para-hydroxylation sites is 1. The van der Waals surface area contributed by atoms with Gasteiger partial charge in [0, 0.05) is 18.7 Å². The van der Waals surface area contributed by atoms with Crippen molar-refractivity contribution in [1.82, 2.24) is 4.90 Å². The fraction of sp³-hybridized carbons (Fsp3) is 0.294. The number of benzene rings is 2. The van der Waals surface area contributed by atoms with E-state index in [2.05, 4.69) is 17.0 Å². The van der Waals surface area contributed by atoms with E-state index in [0.29, 0.717) is 5.75 Å². The Morgan fingerprint density at radius 1 is 0.900 bits per heavy atom. The van der Waals surface area contributed by atoms with Crippen LogP contribution in [0, 0.1) is 0 Å². The molecule has 2 aromatic rings. The van der Waals surface area contributed by atoms with Gasteiger partial charge in [0.25, 0.3) is 0 Å². The molecule has 1 aliphatic heterocycles. The van der Waals surface area contributed by atoms with Gasteiger partial charge in [-0.25, -0.2) is 0 Å². The molecule has 0 saturated carbocycles. The molecule has 0 aromatic heterocycles. The highest BCUT2D eigenvalue weighted by Gasteiger charge is 2.25. The summed E-state index contributed by atoms with van der Waals surface area (Å²) < 4.78 is 5.45. The fourth-order valence-electron chi connectivity index (χ4n) is 2.78. The second kappa shape index (κ2) is 6.07. The zero-order valence-corrected chi connectivity index (χ0v) is 11.4. The minimum Gasteiger partial charge on any atom is -0.508 e. The van der Waals surface area contributed by atoms with Gasteiger partial charge in [-0.3, -0.25) is 4.90 Å². The second-order valence-corrected chi connectivity index (χ2v) is 5.02. The molecule has 1 N–H and O–H groups in total. The number of rotatable bonds is 3. The Hall–Kier alpha value is -1.84. The summed E-state index contributed by atoms with van der Waals surface area (Å²) in [5.74, 6) is 0.354. The maximum absolute atomic E-state index is 10.2. The highest BCUT2D eigenvalue weighted by Crippen LogP contribution is 2.34. The lowest BCUT2D eigenvalue weighted by atomic mass is 9.96. The second-order valence-electron chi connectivity index (χ2n) is 5.02. The number of hydrogen-bond acceptors (Lipinski definition) is 3. The van der Waals surface area contributed by atoms with Crippen molar-refractivity contribution in [3.8, 4) is 5.75 Å². The van der Waals surface area contributed by atoms with Gasteiger partial charge in [-0.15, -0.1) is 0 Å². The molecule has 0 aliphatic carbocycles. The predicted molar refractivity (Wildman–Crippen MR) is 78.8 cm³/mol. The molecule has 3 nitrogen and oxygen atoms in total. The normalized spacial score (nSPS) is 17.8. The van der Waals surface area contributed by atoms with Gasteiger partial charge in [-0.1, -0.05) is 48.5 Å². The Labute approximate surface area is 119 Å². The van der Waals surface area contributed by atoms with Crippen molar-refractivity contribution in [2.45, 2.75) is 6.04 Å². The van der Waals surface area contributed by atoms with Gasteiger partial charge in [0.2, 0.25) is 0 Å². The molecule has 1 fully saturated rings. The van der Waals surface area contributed by atoms with E-state index < -0.39 is 0 Å². The summed E-state index contributed by atoms with van der Waals surface area (Å²) in [5.41, 5.74) is 2.16. The summed E-state index contributed by atoms with van der Waals surface area (Å²) >= 11 is 0. The summed E-state index contributed by atoms with van der Waals surface area (Å²) in [4.78, 5) is 2.37. The standard InChI is InChI=1S/C17H19NO2/c19-16-9-5-4-8-15(16)17(14-6-2-1-3-7-14)18-10-12-20-13-11-18/h1-9,17,19H,10-13H2. The maximum atomic E-state index is 10.2. The van der Waals surface area contributed by atoms with Crippen LogP contribution in [0.2, 0.25) is 0 Å². The first-order chi connectivity index (χ1) is 9.86. The average Bonchev–Trinajstić information content (AvgIpc) is 2.52. The molecule has 1 atom stereocenters. The topological polar surface area (TPSA) is 32.7 Å². The Balaban J connectivity index is 2.01. The van der Waals surface area contributed by atoms with Crippen molar-refractivity contribution in [2.24, 2.45) is 0 Å². The van der Waals surface area contributed by atoms with Gasteiger partial charge in [-0.2, -0.15) is 0 Å². The first kappa shape index (κ1) is 13.2. The molecule has 0 radical (unpaired) electrons. The van der Waals surface area contributed by atoms with Crippen LogP contribution in [0.3, 0.4) is 0 Å². The third-order valence-corrected chi connectivity index (χ3v) is 3.76. The zero-order chi connectivity index (χ0) is 13.8. The van der Waals surface area contributed by atoms with Crippen LogP contribution in [0.15, 0.2) is 54.6 Å². The van der Waals surface area contributed by atoms with Crippen LogP contribution in [0.1, 0.15) is 17.2 Å². The van der Waals surface area contributed by atoms with Crippen molar-refractivity contribution < 1.29 is 9.84 Å². The molecule has 104 valence electrons. The average molecular weight is 269 g/mol. The Morgan fingerprint density at radius 3 is 2.25 bits per heavy atom.